The van der Waals surface area contributed by atoms with Crippen LogP contribution in [0.1, 0.15) is 19.4 Å². The monoisotopic (exact) mass is 159 g/mol. The van der Waals surface area contributed by atoms with Crippen molar-refractivity contribution in [2.24, 2.45) is 0 Å². The van der Waals surface area contributed by atoms with Gasteiger partial charge in [0.2, 0.25) is 0 Å². The van der Waals surface area contributed by atoms with E-state index in [1.165, 1.54) is 11.5 Å². The van der Waals surface area contributed by atoms with Gasteiger partial charge in [0.1, 0.15) is 0 Å². The van der Waals surface area contributed by atoms with Gasteiger partial charge in [0.25, 0.3) is 0 Å². The van der Waals surface area contributed by atoms with E-state index >= 15 is 0 Å². The Kier molecular flexibility index (Phi) is 1.61. The zero-order valence-corrected chi connectivity index (χ0v) is 7.26. The van der Waals surface area contributed by atoms with Gasteiger partial charge in [-0.2, -0.15) is 0 Å². The highest BCUT2D eigenvalue weighted by atomic mass is 14.9. The van der Waals surface area contributed by atoms with Crippen LogP contribution in [0.2, 0.25) is 0 Å². The number of nitrogens with one attached hydrogen (secondary N) is 1. The lowest BCUT2D eigenvalue weighted by molar-refractivity contribution is 1.15. The third-order valence-electron chi connectivity index (χ3n) is 2.00. The molecule has 2 nitrogen and oxygen atoms in total. The minimum absolute atomic E-state index is 1.04. The molecule has 2 rings (SSSR count). The number of hydrogen-bond donors (Lipinski definition) is 1. The molecule has 0 fully saturated rings. The Morgan fingerprint density at radius 3 is 2.92 bits per heavy atom. The van der Waals surface area contributed by atoms with E-state index in [2.05, 4.69) is 42.0 Å². The van der Waals surface area contributed by atoms with Gasteiger partial charge >= 0.3 is 0 Å². The summed E-state index contributed by atoms with van der Waals surface area (Å²) in [6.07, 6.45) is 1.72. The van der Waals surface area contributed by atoms with Crippen LogP contribution in [0.4, 0.5) is 0 Å². The van der Waals surface area contributed by atoms with Crippen LogP contribution in [0.25, 0.3) is 11.0 Å². The van der Waals surface area contributed by atoms with Crippen molar-refractivity contribution in [3.05, 3.63) is 36.0 Å². The van der Waals surface area contributed by atoms with Crippen molar-refractivity contribution in [3.63, 3.8) is 0 Å². The highest BCUT2D eigenvalue weighted by Crippen LogP contribution is 2.17. The molecule has 0 aliphatic heterocycles. The Bertz CT molecular complexity index is 387. The first-order valence-electron chi connectivity index (χ1n) is 4.01. The quantitative estimate of drug-likeness (QED) is 0.680. The molecule has 2 aromatic rings. The standard InChI is InChI=1S/C10H11N2/c1-7(2)8-3-4-9-10(5-8)12-6-11-9/h3-6H,1-2H3,(H,11,12). The molecule has 0 aliphatic rings. The zero-order valence-electron chi connectivity index (χ0n) is 7.26. The summed E-state index contributed by atoms with van der Waals surface area (Å²) in [6.45, 7) is 4.21. The number of benzene rings is 1. The van der Waals surface area contributed by atoms with Crippen LogP contribution in [0.3, 0.4) is 0 Å². The molecule has 1 N–H and O–H groups in total. The van der Waals surface area contributed by atoms with E-state index in [-0.39, 0.29) is 0 Å². The van der Waals surface area contributed by atoms with Crippen LogP contribution in [-0.2, 0) is 0 Å². The van der Waals surface area contributed by atoms with Gasteiger partial charge in [-0.1, -0.05) is 19.9 Å². The lowest BCUT2D eigenvalue weighted by atomic mass is 10.0. The molecular formula is C10H11N2. The fourth-order valence-corrected chi connectivity index (χ4v) is 1.24. The number of aromatic nitrogens is 2. The van der Waals surface area contributed by atoms with Gasteiger partial charge < -0.3 is 4.98 Å². The van der Waals surface area contributed by atoms with Crippen molar-refractivity contribution >= 4 is 11.0 Å². The largest absolute Gasteiger partial charge is 0.345 e. The van der Waals surface area contributed by atoms with Crippen molar-refractivity contribution in [2.45, 2.75) is 13.8 Å². The maximum absolute atomic E-state index is 4.19. The minimum atomic E-state index is 1.04. The predicted molar refractivity (Wildman–Crippen MR) is 49.8 cm³/mol. The van der Waals surface area contributed by atoms with Crippen LogP contribution < -0.4 is 0 Å². The summed E-state index contributed by atoms with van der Waals surface area (Å²) in [6, 6.07) is 6.27. The fourth-order valence-electron chi connectivity index (χ4n) is 1.24. The average Bonchev–Trinajstić information content (AvgIpc) is 2.49. The van der Waals surface area contributed by atoms with Crippen molar-refractivity contribution in [2.75, 3.05) is 0 Å². The molecule has 2 heteroatoms. The Morgan fingerprint density at radius 1 is 1.33 bits per heavy atom. The normalized spacial score (nSPS) is 11.2. The second kappa shape index (κ2) is 2.63. The molecule has 0 aliphatic carbocycles. The topological polar surface area (TPSA) is 28.7 Å². The molecule has 0 saturated carbocycles. The molecule has 1 aromatic carbocycles. The van der Waals surface area contributed by atoms with E-state index in [1.807, 2.05) is 0 Å². The maximum Gasteiger partial charge on any atom is 0.0931 e. The summed E-state index contributed by atoms with van der Waals surface area (Å²) in [5.74, 6) is 1.32. The molecule has 0 saturated heterocycles. The third kappa shape index (κ3) is 1.09. The molecule has 61 valence electrons. The molecule has 1 aromatic heterocycles. The van der Waals surface area contributed by atoms with Crippen molar-refractivity contribution in [1.82, 2.24) is 9.97 Å². The van der Waals surface area contributed by atoms with Crippen LogP contribution in [0.15, 0.2) is 24.5 Å². The molecule has 0 bridgehead atoms. The maximum atomic E-state index is 4.19. The Morgan fingerprint density at radius 2 is 2.17 bits per heavy atom. The fraction of sp³-hybridized carbons (Fsp3) is 0.200. The Hall–Kier alpha value is -1.31. The third-order valence-corrected chi connectivity index (χ3v) is 2.00. The smallest absolute Gasteiger partial charge is 0.0931 e. The number of H-pyrrole nitrogens is 1. The minimum Gasteiger partial charge on any atom is -0.345 e. The highest BCUT2D eigenvalue weighted by Gasteiger charge is 2.01. The summed E-state index contributed by atoms with van der Waals surface area (Å²) in [5.41, 5.74) is 3.39. The van der Waals surface area contributed by atoms with E-state index in [0.717, 1.165) is 11.0 Å². The summed E-state index contributed by atoms with van der Waals surface area (Å²) in [5, 5.41) is 0. The molecule has 0 spiro atoms. The molecule has 1 radical (unpaired) electrons. The second-order valence-electron chi connectivity index (χ2n) is 3.13. The van der Waals surface area contributed by atoms with Gasteiger partial charge in [0, 0.05) is 0 Å². The number of aromatic amines is 1. The number of rotatable bonds is 1. The van der Waals surface area contributed by atoms with Crippen LogP contribution >= 0.6 is 0 Å². The Labute approximate surface area is 71.6 Å². The first kappa shape index (κ1) is 7.35. The number of hydrogen-bond acceptors (Lipinski definition) is 1. The molecule has 1 heterocycles. The van der Waals surface area contributed by atoms with Gasteiger partial charge in [0.15, 0.2) is 0 Å². The number of nitrogens with zero attached hydrogens (tertiary/aromatic N) is 1. The average molecular weight is 159 g/mol. The predicted octanol–water partition coefficient (Wildman–Crippen LogP) is 2.53. The molecule has 0 unspecified atom stereocenters. The van der Waals surface area contributed by atoms with Crippen molar-refractivity contribution in [3.8, 4) is 0 Å². The molecule has 0 amide bonds. The number of imidazole rings is 1. The van der Waals surface area contributed by atoms with Crippen LogP contribution in [0, 0.1) is 5.92 Å². The van der Waals surface area contributed by atoms with Gasteiger partial charge in [-0.15, -0.1) is 0 Å². The van der Waals surface area contributed by atoms with E-state index in [4.69, 9.17) is 0 Å². The summed E-state index contributed by atoms with van der Waals surface area (Å²) < 4.78 is 0. The van der Waals surface area contributed by atoms with Crippen molar-refractivity contribution in [1.29, 1.82) is 0 Å². The summed E-state index contributed by atoms with van der Waals surface area (Å²) in [4.78, 5) is 7.26. The van der Waals surface area contributed by atoms with E-state index in [0.29, 0.717) is 0 Å². The van der Waals surface area contributed by atoms with Crippen LogP contribution in [0.5, 0.6) is 0 Å². The zero-order chi connectivity index (χ0) is 8.55. The Balaban J connectivity index is 2.60. The first-order chi connectivity index (χ1) is 5.77. The SMILES string of the molecule is C[C](C)c1ccc2[nH]cnc2c1. The van der Waals surface area contributed by atoms with E-state index < -0.39 is 0 Å². The second-order valence-corrected chi connectivity index (χ2v) is 3.13. The molecule has 12 heavy (non-hydrogen) atoms. The molecular weight excluding hydrogens is 148 g/mol. The van der Waals surface area contributed by atoms with Crippen molar-refractivity contribution < 1.29 is 0 Å². The van der Waals surface area contributed by atoms with E-state index in [1.54, 1.807) is 6.33 Å². The van der Waals surface area contributed by atoms with Gasteiger partial charge in [-0.25, -0.2) is 4.98 Å². The summed E-state index contributed by atoms with van der Waals surface area (Å²) in [7, 11) is 0. The number of fused-ring (bicyclic) bond motifs is 1. The lowest BCUT2D eigenvalue weighted by Crippen LogP contribution is -1.86. The van der Waals surface area contributed by atoms with Gasteiger partial charge in [-0.05, 0) is 23.6 Å². The van der Waals surface area contributed by atoms with Gasteiger partial charge in [0.05, 0.1) is 17.4 Å². The lowest BCUT2D eigenvalue weighted by Gasteiger charge is -2.02. The molecule has 0 atom stereocenters. The van der Waals surface area contributed by atoms with Gasteiger partial charge in [-0.3, -0.25) is 0 Å². The van der Waals surface area contributed by atoms with Crippen LogP contribution in [-0.4, -0.2) is 9.97 Å². The summed E-state index contributed by atoms with van der Waals surface area (Å²) >= 11 is 0. The highest BCUT2D eigenvalue weighted by molar-refractivity contribution is 5.75. The van der Waals surface area contributed by atoms with E-state index in [9.17, 15) is 0 Å². The first-order valence-corrected chi connectivity index (χ1v) is 4.01.